The van der Waals surface area contributed by atoms with Crippen molar-refractivity contribution in [1.29, 1.82) is 0 Å². The number of alkyl halides is 3. The van der Waals surface area contributed by atoms with Crippen molar-refractivity contribution < 1.29 is 27.8 Å². The van der Waals surface area contributed by atoms with E-state index in [0.717, 1.165) is 12.1 Å². The van der Waals surface area contributed by atoms with Crippen LogP contribution in [-0.2, 0) is 17.3 Å². The normalized spacial score (nSPS) is 14.2. The van der Waals surface area contributed by atoms with Crippen LogP contribution < -0.4 is 5.32 Å². The molecule has 5 nitrogen and oxygen atoms in total. The maximum absolute atomic E-state index is 12.7. The fourth-order valence-electron chi connectivity index (χ4n) is 2.58. The molecule has 0 saturated carbocycles. The van der Waals surface area contributed by atoms with Gasteiger partial charge in [0.1, 0.15) is 5.60 Å². The summed E-state index contributed by atoms with van der Waals surface area (Å²) in [7, 11) is 0. The van der Waals surface area contributed by atoms with Crippen LogP contribution in [0.2, 0.25) is 0 Å². The summed E-state index contributed by atoms with van der Waals surface area (Å²) in [4.78, 5) is 16.1. The molecule has 8 heteroatoms. The quantitative estimate of drug-likeness (QED) is 0.792. The Labute approximate surface area is 161 Å². The lowest BCUT2D eigenvalue weighted by atomic mass is 9.96. The first kappa shape index (κ1) is 21.7. The van der Waals surface area contributed by atoms with Gasteiger partial charge in [-0.2, -0.15) is 13.2 Å². The summed E-state index contributed by atoms with van der Waals surface area (Å²) in [6.07, 6.45) is -3.14. The van der Waals surface area contributed by atoms with Crippen molar-refractivity contribution in [3.05, 3.63) is 65.5 Å². The van der Waals surface area contributed by atoms with Gasteiger partial charge in [0.05, 0.1) is 17.7 Å². The number of halogens is 3. The lowest BCUT2D eigenvalue weighted by molar-refractivity contribution is -0.137. The average molecular weight is 396 g/mol. The predicted octanol–water partition coefficient (Wildman–Crippen LogP) is 4.27. The lowest BCUT2D eigenvalue weighted by Gasteiger charge is -2.27. The second-order valence-electron chi connectivity index (χ2n) is 7.38. The Balaban J connectivity index is 2.21. The minimum Gasteiger partial charge on any atom is -0.444 e. The zero-order valence-electron chi connectivity index (χ0n) is 15.8. The van der Waals surface area contributed by atoms with Crippen molar-refractivity contribution >= 4 is 6.09 Å². The Kier molecular flexibility index (Phi) is 6.66. The Morgan fingerprint density at radius 2 is 1.68 bits per heavy atom. The maximum atomic E-state index is 12.7. The molecule has 0 saturated heterocycles. The third-order valence-corrected chi connectivity index (χ3v) is 3.87. The van der Waals surface area contributed by atoms with Gasteiger partial charge >= 0.3 is 12.3 Å². The van der Waals surface area contributed by atoms with Crippen LogP contribution in [0.25, 0.3) is 0 Å². The van der Waals surface area contributed by atoms with E-state index < -0.39 is 35.6 Å². The summed E-state index contributed by atoms with van der Waals surface area (Å²) in [6, 6.07) is 6.98. The van der Waals surface area contributed by atoms with Crippen molar-refractivity contribution in [1.82, 2.24) is 10.3 Å². The largest absolute Gasteiger partial charge is 0.444 e. The molecule has 28 heavy (non-hydrogen) atoms. The van der Waals surface area contributed by atoms with Gasteiger partial charge in [-0.15, -0.1) is 0 Å². The van der Waals surface area contributed by atoms with Crippen LogP contribution in [0.3, 0.4) is 0 Å². The minimum atomic E-state index is -4.43. The number of ether oxygens (including phenoxy) is 1. The van der Waals surface area contributed by atoms with E-state index in [-0.39, 0.29) is 6.42 Å². The van der Waals surface area contributed by atoms with Gasteiger partial charge in [-0.25, -0.2) is 4.79 Å². The molecule has 0 aliphatic rings. The van der Waals surface area contributed by atoms with E-state index in [9.17, 15) is 23.1 Å². The van der Waals surface area contributed by atoms with E-state index >= 15 is 0 Å². The van der Waals surface area contributed by atoms with E-state index in [1.807, 2.05) is 0 Å². The summed E-state index contributed by atoms with van der Waals surface area (Å²) in [5.74, 6) is 0. The number of alkyl carbamates (subject to hydrolysis) is 1. The first-order valence-corrected chi connectivity index (χ1v) is 8.69. The molecule has 2 N–H and O–H groups in total. The number of aliphatic hydroxyl groups excluding tert-OH is 1. The number of hydrogen-bond acceptors (Lipinski definition) is 4. The Hall–Kier alpha value is -2.61. The Morgan fingerprint density at radius 3 is 2.18 bits per heavy atom. The molecule has 1 amide bonds. The Bertz CT molecular complexity index is 772. The van der Waals surface area contributed by atoms with Gasteiger partial charge < -0.3 is 15.2 Å². The molecule has 0 bridgehead atoms. The van der Waals surface area contributed by atoms with E-state index in [1.54, 1.807) is 32.9 Å². The predicted molar refractivity (Wildman–Crippen MR) is 97.5 cm³/mol. The highest BCUT2D eigenvalue weighted by Crippen LogP contribution is 2.29. The second kappa shape index (κ2) is 8.60. The number of rotatable bonds is 5. The van der Waals surface area contributed by atoms with E-state index in [2.05, 4.69) is 10.3 Å². The summed E-state index contributed by atoms with van der Waals surface area (Å²) >= 11 is 0. The van der Waals surface area contributed by atoms with Crippen LogP contribution in [0.5, 0.6) is 0 Å². The van der Waals surface area contributed by atoms with Gasteiger partial charge in [0.2, 0.25) is 0 Å². The molecule has 1 aromatic carbocycles. The number of nitrogens with zero attached hydrogens (tertiary/aromatic N) is 1. The standard InChI is InChI=1S/C20H23F3N2O3/c1-19(2,3)28-18(27)25-16(17(26)14-8-10-24-11-9-14)12-13-4-6-15(7-5-13)20(21,22)23/h4-11,16-17,26H,12H2,1-3H3,(H,25,27). The van der Waals surface area contributed by atoms with Gasteiger partial charge in [-0.3, -0.25) is 4.98 Å². The molecule has 0 spiro atoms. The Morgan fingerprint density at radius 1 is 1.11 bits per heavy atom. The summed E-state index contributed by atoms with van der Waals surface area (Å²) < 4.78 is 43.5. The van der Waals surface area contributed by atoms with E-state index in [1.165, 1.54) is 24.5 Å². The number of pyridine rings is 1. The maximum Gasteiger partial charge on any atom is 0.416 e. The molecule has 2 unspecified atom stereocenters. The lowest BCUT2D eigenvalue weighted by Crippen LogP contribution is -2.43. The zero-order chi connectivity index (χ0) is 20.9. The fourth-order valence-corrected chi connectivity index (χ4v) is 2.58. The molecule has 0 radical (unpaired) electrons. The van der Waals surface area contributed by atoms with Gasteiger partial charge in [-0.1, -0.05) is 12.1 Å². The highest BCUT2D eigenvalue weighted by molar-refractivity contribution is 5.68. The number of aromatic nitrogens is 1. The number of nitrogens with one attached hydrogen (secondary N) is 1. The number of hydrogen-bond donors (Lipinski definition) is 2. The van der Waals surface area contributed by atoms with Crippen LogP contribution in [0.1, 0.15) is 43.6 Å². The molecule has 0 fully saturated rings. The topological polar surface area (TPSA) is 71.5 Å². The van der Waals surface area contributed by atoms with Crippen molar-refractivity contribution in [2.75, 3.05) is 0 Å². The number of aliphatic hydroxyl groups is 1. The summed E-state index contributed by atoms with van der Waals surface area (Å²) in [6.45, 7) is 5.12. The second-order valence-corrected chi connectivity index (χ2v) is 7.38. The average Bonchev–Trinajstić information content (AvgIpc) is 2.59. The van der Waals surface area contributed by atoms with Crippen molar-refractivity contribution in [3.63, 3.8) is 0 Å². The molecular weight excluding hydrogens is 373 g/mol. The monoisotopic (exact) mass is 396 g/mol. The highest BCUT2D eigenvalue weighted by Gasteiger charge is 2.30. The molecule has 1 aromatic heterocycles. The SMILES string of the molecule is CC(C)(C)OC(=O)NC(Cc1ccc(C(F)(F)F)cc1)C(O)c1ccncc1. The first-order chi connectivity index (χ1) is 13.0. The minimum absolute atomic E-state index is 0.112. The number of carbonyl (C=O) groups is 1. The van der Waals surface area contributed by atoms with Gasteiger partial charge in [0.15, 0.2) is 0 Å². The molecule has 0 aliphatic heterocycles. The van der Waals surface area contributed by atoms with Crippen LogP contribution in [0.4, 0.5) is 18.0 Å². The summed E-state index contributed by atoms with van der Waals surface area (Å²) in [5, 5.41) is 13.3. The van der Waals surface area contributed by atoms with Crippen LogP contribution in [-0.4, -0.2) is 27.8 Å². The van der Waals surface area contributed by atoms with Gasteiger partial charge in [0, 0.05) is 12.4 Å². The van der Waals surface area contributed by atoms with Crippen LogP contribution in [0.15, 0.2) is 48.8 Å². The zero-order valence-corrected chi connectivity index (χ0v) is 15.8. The van der Waals surface area contributed by atoms with Gasteiger partial charge in [-0.05, 0) is 62.6 Å². The smallest absolute Gasteiger partial charge is 0.416 e. The van der Waals surface area contributed by atoms with E-state index in [4.69, 9.17) is 4.74 Å². The number of benzene rings is 1. The summed E-state index contributed by atoms with van der Waals surface area (Å²) in [5.41, 5.74) is -0.447. The van der Waals surface area contributed by atoms with Crippen molar-refractivity contribution in [2.45, 2.75) is 51.1 Å². The first-order valence-electron chi connectivity index (χ1n) is 8.69. The van der Waals surface area contributed by atoms with Crippen molar-refractivity contribution in [2.24, 2.45) is 0 Å². The molecular formula is C20H23F3N2O3. The molecule has 1 heterocycles. The highest BCUT2D eigenvalue weighted by atomic mass is 19.4. The van der Waals surface area contributed by atoms with E-state index in [0.29, 0.717) is 11.1 Å². The molecule has 152 valence electrons. The number of amides is 1. The molecule has 2 atom stereocenters. The fraction of sp³-hybridized carbons (Fsp3) is 0.400. The van der Waals surface area contributed by atoms with Gasteiger partial charge in [0.25, 0.3) is 0 Å². The van der Waals surface area contributed by atoms with Crippen LogP contribution in [0, 0.1) is 0 Å². The molecule has 2 aromatic rings. The third kappa shape index (κ3) is 6.53. The number of carbonyl (C=O) groups excluding carboxylic acids is 1. The molecule has 0 aliphatic carbocycles. The third-order valence-electron chi connectivity index (χ3n) is 3.87. The molecule has 2 rings (SSSR count). The van der Waals surface area contributed by atoms with Crippen LogP contribution >= 0.6 is 0 Å². The van der Waals surface area contributed by atoms with Crippen molar-refractivity contribution in [3.8, 4) is 0 Å².